The number of ether oxygens (including phenoxy) is 2. The van der Waals surface area contributed by atoms with Gasteiger partial charge in [0.25, 0.3) is 0 Å². The average molecular weight is 481 g/mol. The Kier molecular flexibility index (Phi) is 7.95. The third-order valence-corrected chi connectivity index (χ3v) is 5.81. The first-order valence-electron chi connectivity index (χ1n) is 11.0. The van der Waals surface area contributed by atoms with Crippen molar-refractivity contribution in [2.24, 2.45) is 0 Å². The minimum absolute atomic E-state index is 0.262. The molecule has 0 aliphatic carbocycles. The Morgan fingerprint density at radius 2 is 1.88 bits per heavy atom. The van der Waals surface area contributed by atoms with Crippen molar-refractivity contribution >= 4 is 28.5 Å². The van der Waals surface area contributed by atoms with Crippen LogP contribution < -0.4 is 5.32 Å². The number of esters is 1. The first kappa shape index (κ1) is 24.0. The molecule has 7 heteroatoms. The van der Waals surface area contributed by atoms with Crippen molar-refractivity contribution in [3.8, 4) is 0 Å². The van der Waals surface area contributed by atoms with Crippen molar-refractivity contribution in [3.63, 3.8) is 0 Å². The lowest BCUT2D eigenvalue weighted by Crippen LogP contribution is -2.19. The third kappa shape index (κ3) is 6.03. The molecule has 0 amide bonds. The monoisotopic (exact) mass is 480 g/mol. The number of aromatic nitrogens is 1. The van der Waals surface area contributed by atoms with Crippen molar-refractivity contribution < 1.29 is 18.7 Å². The lowest BCUT2D eigenvalue weighted by atomic mass is 10.1. The highest BCUT2D eigenvalue weighted by atomic mass is 35.5. The summed E-state index contributed by atoms with van der Waals surface area (Å²) in [5.41, 5.74) is 4.25. The summed E-state index contributed by atoms with van der Waals surface area (Å²) in [6.07, 6.45) is 1.98. The van der Waals surface area contributed by atoms with E-state index >= 15 is 0 Å². The highest BCUT2D eigenvalue weighted by molar-refractivity contribution is 6.30. The highest BCUT2D eigenvalue weighted by Crippen LogP contribution is 2.23. The van der Waals surface area contributed by atoms with E-state index in [0.717, 1.165) is 27.6 Å². The Balaban J connectivity index is 1.31. The average Bonchev–Trinajstić information content (AvgIpc) is 3.24. The third-order valence-electron chi connectivity index (χ3n) is 5.56. The molecule has 1 heterocycles. The molecule has 0 unspecified atom stereocenters. The maximum Gasteiger partial charge on any atom is 0.337 e. The smallest absolute Gasteiger partial charge is 0.337 e. The molecule has 3 aromatic carbocycles. The maximum absolute atomic E-state index is 14.4. The van der Waals surface area contributed by atoms with Crippen LogP contribution in [-0.4, -0.2) is 30.8 Å². The number of hydrogen-bond donors (Lipinski definition) is 1. The number of nitrogens with zero attached hydrogens (tertiary/aromatic N) is 1. The highest BCUT2D eigenvalue weighted by Gasteiger charge is 2.10. The number of fused-ring (bicyclic) bond motifs is 1. The molecule has 5 nitrogen and oxygen atoms in total. The van der Waals surface area contributed by atoms with Crippen molar-refractivity contribution in [1.82, 2.24) is 9.88 Å². The van der Waals surface area contributed by atoms with E-state index in [2.05, 4.69) is 5.32 Å². The van der Waals surface area contributed by atoms with Gasteiger partial charge in [0.1, 0.15) is 5.82 Å². The number of methoxy groups -OCH3 is 1. The zero-order chi connectivity index (χ0) is 23.9. The number of nitrogens with one attached hydrogen (secondary N) is 1. The van der Waals surface area contributed by atoms with Crippen LogP contribution in [0.5, 0.6) is 0 Å². The lowest BCUT2D eigenvalue weighted by molar-refractivity contribution is 0.0600. The van der Waals surface area contributed by atoms with E-state index in [1.807, 2.05) is 47.2 Å². The molecule has 0 radical (unpaired) electrons. The molecular formula is C27H26ClFN2O3. The van der Waals surface area contributed by atoms with Crippen LogP contribution in [0.3, 0.4) is 0 Å². The van der Waals surface area contributed by atoms with Gasteiger partial charge in [-0.1, -0.05) is 35.9 Å². The minimum Gasteiger partial charge on any atom is -0.465 e. The number of hydrogen-bond acceptors (Lipinski definition) is 4. The Labute approximate surface area is 203 Å². The van der Waals surface area contributed by atoms with Crippen LogP contribution in [0.25, 0.3) is 10.9 Å². The molecule has 0 spiro atoms. The van der Waals surface area contributed by atoms with Crippen LogP contribution in [-0.2, 0) is 29.2 Å². The minimum atomic E-state index is -0.369. The maximum atomic E-state index is 14.4. The molecule has 0 saturated carbocycles. The Bertz CT molecular complexity index is 1270. The molecule has 4 aromatic rings. The molecule has 0 aliphatic rings. The SMILES string of the molecule is COC(=O)c1cccc(COCCNCc2cc(F)cc3c2ccn3Cc2ccc(Cl)cc2)c1. The number of halogens is 2. The fraction of sp³-hybridized carbons (Fsp3) is 0.222. The van der Waals surface area contributed by atoms with Crippen molar-refractivity contribution in [2.45, 2.75) is 19.7 Å². The van der Waals surface area contributed by atoms with Crippen LogP contribution in [0.1, 0.15) is 27.0 Å². The largest absolute Gasteiger partial charge is 0.465 e. The lowest BCUT2D eigenvalue weighted by Gasteiger charge is -2.10. The van der Waals surface area contributed by atoms with E-state index in [1.165, 1.54) is 7.11 Å². The molecule has 176 valence electrons. The molecule has 0 bridgehead atoms. The molecule has 0 fully saturated rings. The van der Waals surface area contributed by atoms with Gasteiger partial charge in [0.15, 0.2) is 0 Å². The Hall–Kier alpha value is -3.19. The number of carbonyl (C=O) groups is 1. The van der Waals surface area contributed by atoms with Gasteiger partial charge >= 0.3 is 5.97 Å². The normalized spacial score (nSPS) is 11.1. The summed E-state index contributed by atoms with van der Waals surface area (Å²) in [6, 6.07) is 20.0. The van der Waals surface area contributed by atoms with Gasteiger partial charge in [-0.3, -0.25) is 0 Å². The molecule has 1 N–H and O–H groups in total. The predicted octanol–water partition coefficient (Wildman–Crippen LogP) is 5.58. The van der Waals surface area contributed by atoms with Gasteiger partial charge < -0.3 is 19.4 Å². The summed E-state index contributed by atoms with van der Waals surface area (Å²) in [7, 11) is 1.36. The quantitative estimate of drug-likeness (QED) is 0.238. The van der Waals surface area contributed by atoms with Crippen LogP contribution in [0, 0.1) is 5.82 Å². The first-order valence-corrected chi connectivity index (χ1v) is 11.4. The summed E-state index contributed by atoms with van der Waals surface area (Å²) < 4.78 is 26.9. The van der Waals surface area contributed by atoms with Gasteiger partial charge in [0.2, 0.25) is 0 Å². The molecule has 0 atom stereocenters. The van der Waals surface area contributed by atoms with E-state index in [-0.39, 0.29) is 11.8 Å². The van der Waals surface area contributed by atoms with Crippen LogP contribution in [0.15, 0.2) is 72.9 Å². The number of benzene rings is 3. The molecule has 0 aliphatic heterocycles. The second-order valence-electron chi connectivity index (χ2n) is 7.99. The van der Waals surface area contributed by atoms with Gasteiger partial charge in [-0.15, -0.1) is 0 Å². The molecule has 0 saturated heterocycles. The topological polar surface area (TPSA) is 52.5 Å². The molecule has 1 aromatic heterocycles. The molecule has 4 rings (SSSR count). The number of rotatable bonds is 10. The first-order chi connectivity index (χ1) is 16.5. The van der Waals surface area contributed by atoms with Crippen molar-refractivity contribution in [2.75, 3.05) is 20.3 Å². The summed E-state index contributed by atoms with van der Waals surface area (Å²) in [5.74, 6) is -0.631. The standard InChI is InChI=1S/C27H26ClFN2O3/c1-33-27(32)21-4-2-3-20(13-21)18-34-12-10-30-16-22-14-24(29)15-26-25(22)9-11-31(26)17-19-5-7-23(28)8-6-19/h2-9,11,13-15,30H,10,12,16-18H2,1H3. The van der Waals surface area contributed by atoms with Crippen LogP contribution in [0.2, 0.25) is 5.02 Å². The van der Waals surface area contributed by atoms with Gasteiger partial charge in [-0.25, -0.2) is 9.18 Å². The zero-order valence-corrected chi connectivity index (χ0v) is 19.6. The van der Waals surface area contributed by atoms with Crippen LogP contribution in [0.4, 0.5) is 4.39 Å². The fourth-order valence-electron chi connectivity index (χ4n) is 3.87. The number of carbonyl (C=O) groups excluding carboxylic acids is 1. The van der Waals surface area contributed by atoms with Gasteiger partial charge in [0, 0.05) is 36.2 Å². The second kappa shape index (κ2) is 11.3. The molecular weight excluding hydrogens is 455 g/mol. The second-order valence-corrected chi connectivity index (χ2v) is 8.43. The summed E-state index contributed by atoms with van der Waals surface area (Å²) >= 11 is 5.98. The summed E-state index contributed by atoms with van der Waals surface area (Å²) in [5, 5.41) is 5.03. The van der Waals surface area contributed by atoms with E-state index in [0.29, 0.717) is 43.4 Å². The van der Waals surface area contributed by atoms with E-state index in [1.54, 1.807) is 30.3 Å². The van der Waals surface area contributed by atoms with E-state index in [4.69, 9.17) is 21.1 Å². The van der Waals surface area contributed by atoms with E-state index < -0.39 is 0 Å². The zero-order valence-electron chi connectivity index (χ0n) is 18.9. The fourth-order valence-corrected chi connectivity index (χ4v) is 3.99. The van der Waals surface area contributed by atoms with Crippen molar-refractivity contribution in [1.29, 1.82) is 0 Å². The van der Waals surface area contributed by atoms with Gasteiger partial charge in [0.05, 0.1) is 31.4 Å². The van der Waals surface area contributed by atoms with Gasteiger partial charge in [-0.05, 0) is 59.2 Å². The predicted molar refractivity (Wildman–Crippen MR) is 132 cm³/mol. The Morgan fingerprint density at radius 1 is 1.06 bits per heavy atom. The Morgan fingerprint density at radius 3 is 2.68 bits per heavy atom. The summed E-state index contributed by atoms with van der Waals surface area (Å²) in [4.78, 5) is 11.6. The van der Waals surface area contributed by atoms with Gasteiger partial charge in [-0.2, -0.15) is 0 Å². The van der Waals surface area contributed by atoms with Crippen molar-refractivity contribution in [3.05, 3.63) is 106 Å². The van der Waals surface area contributed by atoms with E-state index in [9.17, 15) is 9.18 Å². The summed E-state index contributed by atoms with van der Waals surface area (Å²) in [6.45, 7) is 2.66. The van der Waals surface area contributed by atoms with Crippen LogP contribution >= 0.6 is 11.6 Å². The molecule has 34 heavy (non-hydrogen) atoms.